The lowest BCUT2D eigenvalue weighted by Crippen LogP contribution is -2.51. The number of rotatable bonds is 3. The highest BCUT2D eigenvalue weighted by molar-refractivity contribution is 6.03. The molecule has 1 aromatic rings. The average Bonchev–Trinajstić information content (AvgIpc) is 2.58. The Morgan fingerprint density at radius 1 is 1.33 bits per heavy atom. The third kappa shape index (κ3) is 3.06. The van der Waals surface area contributed by atoms with Gasteiger partial charge in [-0.3, -0.25) is 19.3 Å². The number of carbonyl (C=O) groups excluding carboxylic acids is 2. The Morgan fingerprint density at radius 2 is 2.08 bits per heavy atom. The molecule has 2 unspecified atom stereocenters. The Balaban J connectivity index is 1.76. The van der Waals surface area contributed by atoms with Crippen LogP contribution in [0, 0.1) is 5.92 Å². The molecule has 2 atom stereocenters. The number of hydrogen-bond donors (Lipinski definition) is 1. The lowest BCUT2D eigenvalue weighted by molar-refractivity contribution is -0.145. The van der Waals surface area contributed by atoms with E-state index in [1.807, 2.05) is 6.07 Å². The maximum absolute atomic E-state index is 12.6. The highest BCUT2D eigenvalue weighted by atomic mass is 16.5. The van der Waals surface area contributed by atoms with E-state index in [1.165, 1.54) is 9.80 Å². The van der Waals surface area contributed by atoms with Gasteiger partial charge in [-0.2, -0.15) is 0 Å². The second kappa shape index (κ2) is 6.51. The van der Waals surface area contributed by atoms with E-state index in [-0.39, 0.29) is 24.9 Å². The van der Waals surface area contributed by atoms with Crippen LogP contribution in [-0.2, 0) is 14.4 Å². The summed E-state index contributed by atoms with van der Waals surface area (Å²) in [5.74, 6) is -1.35. The van der Waals surface area contributed by atoms with E-state index in [4.69, 9.17) is 9.84 Å². The highest BCUT2D eigenvalue weighted by Gasteiger charge is 2.35. The summed E-state index contributed by atoms with van der Waals surface area (Å²) in [4.78, 5) is 39.1. The van der Waals surface area contributed by atoms with Gasteiger partial charge in [-0.25, -0.2) is 0 Å². The normalized spacial score (nSPS) is 23.5. The van der Waals surface area contributed by atoms with E-state index in [9.17, 15) is 14.4 Å². The number of carboxylic acids is 1. The first-order chi connectivity index (χ1) is 11.5. The zero-order chi connectivity index (χ0) is 17.3. The summed E-state index contributed by atoms with van der Waals surface area (Å²) >= 11 is 0. The van der Waals surface area contributed by atoms with Crippen LogP contribution in [0.1, 0.15) is 19.8 Å². The lowest BCUT2D eigenvalue weighted by atomic mass is 9.98. The van der Waals surface area contributed by atoms with Crippen LogP contribution in [0.15, 0.2) is 24.3 Å². The summed E-state index contributed by atoms with van der Waals surface area (Å²) in [5.41, 5.74) is 0.570. The minimum absolute atomic E-state index is 0.101. The molecule has 1 aromatic carbocycles. The number of hydrogen-bond acceptors (Lipinski definition) is 4. The number of para-hydroxylation sites is 2. The average molecular weight is 332 g/mol. The summed E-state index contributed by atoms with van der Waals surface area (Å²) in [6, 6.07) is 7.09. The predicted molar refractivity (Wildman–Crippen MR) is 85.8 cm³/mol. The Kier molecular flexibility index (Phi) is 4.42. The SMILES string of the molecule is CC1Oc2ccccc2N(CC(=O)N2CCCC(C(=O)O)C2)C1=O. The molecule has 2 aliphatic heterocycles. The molecular formula is C17H20N2O5. The lowest BCUT2D eigenvalue weighted by Gasteiger charge is -2.35. The van der Waals surface area contributed by atoms with Gasteiger partial charge in [0.05, 0.1) is 11.6 Å². The second-order valence-electron chi connectivity index (χ2n) is 6.17. The molecule has 0 bridgehead atoms. The van der Waals surface area contributed by atoms with Gasteiger partial charge < -0.3 is 14.7 Å². The molecule has 2 heterocycles. The van der Waals surface area contributed by atoms with Crippen LogP contribution in [0.4, 0.5) is 5.69 Å². The number of carboxylic acid groups (broad SMARTS) is 1. The van der Waals surface area contributed by atoms with Crippen molar-refractivity contribution in [3.8, 4) is 5.75 Å². The molecule has 0 radical (unpaired) electrons. The van der Waals surface area contributed by atoms with Crippen molar-refractivity contribution in [3.63, 3.8) is 0 Å². The fraction of sp³-hybridized carbons (Fsp3) is 0.471. The van der Waals surface area contributed by atoms with Gasteiger partial charge in [0.15, 0.2) is 6.10 Å². The van der Waals surface area contributed by atoms with Gasteiger partial charge in [-0.15, -0.1) is 0 Å². The Labute approximate surface area is 139 Å². The Bertz CT molecular complexity index is 675. The van der Waals surface area contributed by atoms with Crippen molar-refractivity contribution >= 4 is 23.5 Å². The topological polar surface area (TPSA) is 87.2 Å². The molecule has 1 saturated heterocycles. The van der Waals surface area contributed by atoms with Gasteiger partial charge in [0.2, 0.25) is 5.91 Å². The molecule has 0 spiro atoms. The van der Waals surface area contributed by atoms with Crippen LogP contribution < -0.4 is 9.64 Å². The van der Waals surface area contributed by atoms with E-state index in [0.717, 1.165) is 0 Å². The van der Waals surface area contributed by atoms with E-state index >= 15 is 0 Å². The number of fused-ring (bicyclic) bond motifs is 1. The molecule has 0 saturated carbocycles. The molecule has 7 heteroatoms. The maximum Gasteiger partial charge on any atom is 0.308 e. The number of anilines is 1. The summed E-state index contributed by atoms with van der Waals surface area (Å²) in [5, 5.41) is 9.15. The molecule has 2 amide bonds. The molecule has 128 valence electrons. The van der Waals surface area contributed by atoms with Gasteiger partial charge in [0.1, 0.15) is 12.3 Å². The van der Waals surface area contributed by atoms with Crippen LogP contribution in [0.2, 0.25) is 0 Å². The Morgan fingerprint density at radius 3 is 2.83 bits per heavy atom. The first-order valence-electron chi connectivity index (χ1n) is 8.05. The minimum Gasteiger partial charge on any atom is -0.481 e. The van der Waals surface area contributed by atoms with Crippen LogP contribution in [0.5, 0.6) is 5.75 Å². The van der Waals surface area contributed by atoms with E-state index in [0.29, 0.717) is 30.8 Å². The van der Waals surface area contributed by atoms with Crippen molar-refractivity contribution in [2.75, 3.05) is 24.5 Å². The maximum atomic E-state index is 12.6. The molecule has 2 aliphatic rings. The number of likely N-dealkylation sites (tertiary alicyclic amines) is 1. The number of ether oxygens (including phenoxy) is 1. The van der Waals surface area contributed by atoms with E-state index in [2.05, 4.69) is 0 Å². The largest absolute Gasteiger partial charge is 0.481 e. The molecule has 3 rings (SSSR count). The van der Waals surface area contributed by atoms with Crippen LogP contribution in [0.25, 0.3) is 0 Å². The fourth-order valence-electron chi connectivity index (χ4n) is 3.16. The van der Waals surface area contributed by atoms with Crippen molar-refractivity contribution in [3.05, 3.63) is 24.3 Å². The molecule has 24 heavy (non-hydrogen) atoms. The molecule has 0 aromatic heterocycles. The summed E-state index contributed by atoms with van der Waals surface area (Å²) in [6.45, 7) is 2.27. The molecule has 0 aliphatic carbocycles. The minimum atomic E-state index is -0.881. The van der Waals surface area contributed by atoms with Gasteiger partial charge in [-0.05, 0) is 31.9 Å². The summed E-state index contributed by atoms with van der Waals surface area (Å²) in [7, 11) is 0. The summed E-state index contributed by atoms with van der Waals surface area (Å²) in [6.07, 6.45) is 0.586. The number of piperidine rings is 1. The van der Waals surface area contributed by atoms with Crippen molar-refractivity contribution < 1.29 is 24.2 Å². The standard InChI is InChI=1S/C17H20N2O5/c1-11-16(21)19(13-6-2-3-7-14(13)24-11)10-15(20)18-8-4-5-12(9-18)17(22)23/h2-3,6-7,11-12H,4-5,8-10H2,1H3,(H,22,23). The first kappa shape index (κ1) is 16.3. The number of carbonyl (C=O) groups is 3. The fourth-order valence-corrected chi connectivity index (χ4v) is 3.16. The third-order valence-corrected chi connectivity index (χ3v) is 4.49. The number of amides is 2. The third-order valence-electron chi connectivity index (χ3n) is 4.49. The smallest absolute Gasteiger partial charge is 0.308 e. The van der Waals surface area contributed by atoms with E-state index in [1.54, 1.807) is 25.1 Å². The molecular weight excluding hydrogens is 312 g/mol. The second-order valence-corrected chi connectivity index (χ2v) is 6.17. The molecule has 7 nitrogen and oxygen atoms in total. The zero-order valence-electron chi connectivity index (χ0n) is 13.5. The van der Waals surface area contributed by atoms with Crippen LogP contribution in [0.3, 0.4) is 0 Å². The number of aliphatic carboxylic acids is 1. The quantitative estimate of drug-likeness (QED) is 0.896. The van der Waals surface area contributed by atoms with Gasteiger partial charge >= 0.3 is 5.97 Å². The van der Waals surface area contributed by atoms with Crippen LogP contribution >= 0.6 is 0 Å². The van der Waals surface area contributed by atoms with E-state index < -0.39 is 18.0 Å². The highest BCUT2D eigenvalue weighted by Crippen LogP contribution is 2.33. The first-order valence-corrected chi connectivity index (χ1v) is 8.05. The van der Waals surface area contributed by atoms with Crippen molar-refractivity contribution in [2.45, 2.75) is 25.9 Å². The van der Waals surface area contributed by atoms with Crippen molar-refractivity contribution in [2.24, 2.45) is 5.92 Å². The summed E-state index contributed by atoms with van der Waals surface area (Å²) < 4.78 is 5.56. The molecule has 1 N–H and O–H groups in total. The van der Waals surface area contributed by atoms with Crippen molar-refractivity contribution in [1.82, 2.24) is 4.90 Å². The van der Waals surface area contributed by atoms with Gasteiger partial charge in [-0.1, -0.05) is 12.1 Å². The van der Waals surface area contributed by atoms with Gasteiger partial charge in [0.25, 0.3) is 5.91 Å². The number of nitrogens with zero attached hydrogens (tertiary/aromatic N) is 2. The molecule has 1 fully saturated rings. The van der Waals surface area contributed by atoms with Crippen molar-refractivity contribution in [1.29, 1.82) is 0 Å². The Hall–Kier alpha value is -2.57. The predicted octanol–water partition coefficient (Wildman–Crippen LogP) is 1.12. The number of benzene rings is 1. The van der Waals surface area contributed by atoms with Crippen LogP contribution in [-0.4, -0.2) is 53.5 Å². The monoisotopic (exact) mass is 332 g/mol. The van der Waals surface area contributed by atoms with Gasteiger partial charge in [0, 0.05) is 13.1 Å². The zero-order valence-corrected chi connectivity index (χ0v) is 13.5.